The largest absolute Gasteiger partial charge is 0.495 e. The number of anilines is 1. The second-order valence-electron chi connectivity index (χ2n) is 7.16. The fourth-order valence-electron chi connectivity index (χ4n) is 3.16. The average Bonchev–Trinajstić information content (AvgIpc) is 2.84. The minimum atomic E-state index is -0.460. The van der Waals surface area contributed by atoms with Crippen LogP contribution in [0.25, 0.3) is 0 Å². The molecular formula is C25H21Cl3N2O4S. The number of nitrogens with zero attached hydrogens (tertiary/aromatic N) is 1. The van der Waals surface area contributed by atoms with Gasteiger partial charge in [-0.25, -0.2) is 4.79 Å². The molecular weight excluding hydrogens is 531 g/mol. The van der Waals surface area contributed by atoms with Crippen LogP contribution in [0.4, 0.5) is 5.69 Å². The van der Waals surface area contributed by atoms with Crippen molar-refractivity contribution in [2.24, 2.45) is 0 Å². The number of rotatable bonds is 7. The highest BCUT2D eigenvalue weighted by Crippen LogP contribution is 2.29. The number of benzene rings is 3. The summed E-state index contributed by atoms with van der Waals surface area (Å²) in [5.41, 5.74) is 1.90. The predicted molar refractivity (Wildman–Crippen MR) is 143 cm³/mol. The molecule has 0 spiro atoms. The first-order valence-electron chi connectivity index (χ1n) is 10.4. The first-order chi connectivity index (χ1) is 16.7. The van der Waals surface area contributed by atoms with Gasteiger partial charge in [0.1, 0.15) is 5.75 Å². The second-order valence-corrected chi connectivity index (χ2v) is 8.77. The first-order valence-corrected chi connectivity index (χ1v) is 12.0. The third-order valence-corrected chi connectivity index (χ3v) is 6.27. The Kier molecular flexibility index (Phi) is 9.34. The molecule has 6 nitrogen and oxygen atoms in total. The summed E-state index contributed by atoms with van der Waals surface area (Å²) in [6.07, 6.45) is 0. The summed E-state index contributed by atoms with van der Waals surface area (Å²) in [6, 6.07) is 16.4. The molecule has 0 radical (unpaired) electrons. The molecule has 0 unspecified atom stereocenters. The summed E-state index contributed by atoms with van der Waals surface area (Å²) in [5.74, 6) is -0.451. The molecule has 3 aromatic rings. The van der Waals surface area contributed by atoms with Crippen LogP contribution in [0.3, 0.4) is 0 Å². The van der Waals surface area contributed by atoms with E-state index in [9.17, 15) is 9.59 Å². The van der Waals surface area contributed by atoms with Crippen molar-refractivity contribution in [1.29, 1.82) is 0 Å². The highest BCUT2D eigenvalue weighted by atomic mass is 35.5. The number of amides is 1. The molecule has 0 saturated heterocycles. The van der Waals surface area contributed by atoms with E-state index in [0.29, 0.717) is 43.2 Å². The van der Waals surface area contributed by atoms with Gasteiger partial charge in [-0.05, 0) is 73.7 Å². The van der Waals surface area contributed by atoms with Gasteiger partial charge in [-0.15, -0.1) is 0 Å². The van der Waals surface area contributed by atoms with E-state index in [-0.39, 0.29) is 18.3 Å². The Morgan fingerprint density at radius 3 is 2.14 bits per heavy atom. The summed E-state index contributed by atoms with van der Waals surface area (Å²) in [7, 11) is 1.49. The topological polar surface area (TPSA) is 67.9 Å². The van der Waals surface area contributed by atoms with Gasteiger partial charge in [-0.1, -0.05) is 40.9 Å². The third-order valence-electron chi connectivity index (χ3n) is 4.95. The second kappa shape index (κ2) is 12.2. The van der Waals surface area contributed by atoms with Crippen LogP contribution < -0.4 is 15.0 Å². The minimum Gasteiger partial charge on any atom is -0.495 e. The number of ether oxygens (including phenoxy) is 2. The molecule has 182 valence electrons. The molecule has 1 N–H and O–H groups in total. The molecule has 3 rings (SSSR count). The van der Waals surface area contributed by atoms with E-state index >= 15 is 0 Å². The van der Waals surface area contributed by atoms with Gasteiger partial charge < -0.3 is 14.4 Å². The van der Waals surface area contributed by atoms with Crippen molar-refractivity contribution >= 4 is 69.7 Å². The van der Waals surface area contributed by atoms with Crippen molar-refractivity contribution < 1.29 is 19.1 Å². The Morgan fingerprint density at radius 1 is 0.943 bits per heavy atom. The maximum atomic E-state index is 12.9. The molecule has 3 aromatic carbocycles. The van der Waals surface area contributed by atoms with Crippen LogP contribution in [-0.4, -0.2) is 30.7 Å². The van der Waals surface area contributed by atoms with Crippen molar-refractivity contribution in [2.45, 2.75) is 13.5 Å². The molecule has 0 aliphatic heterocycles. The highest BCUT2D eigenvalue weighted by molar-refractivity contribution is 7.80. The van der Waals surface area contributed by atoms with Crippen molar-refractivity contribution in [2.75, 3.05) is 18.6 Å². The van der Waals surface area contributed by atoms with E-state index in [1.807, 2.05) is 0 Å². The van der Waals surface area contributed by atoms with Crippen molar-refractivity contribution in [1.82, 2.24) is 5.32 Å². The van der Waals surface area contributed by atoms with Crippen LogP contribution in [0.1, 0.15) is 33.2 Å². The van der Waals surface area contributed by atoms with Gasteiger partial charge in [0.25, 0.3) is 5.91 Å². The number of methoxy groups -OCH3 is 1. The molecule has 0 aromatic heterocycles. The fourth-order valence-corrected chi connectivity index (χ4v) is 4.20. The maximum absolute atomic E-state index is 12.9. The summed E-state index contributed by atoms with van der Waals surface area (Å²) in [6.45, 7) is 2.17. The number of thiocarbonyl (C=S) groups is 1. The Balaban J connectivity index is 1.91. The molecule has 10 heteroatoms. The zero-order valence-electron chi connectivity index (χ0n) is 18.8. The van der Waals surface area contributed by atoms with Gasteiger partial charge in [0, 0.05) is 26.9 Å². The monoisotopic (exact) mass is 550 g/mol. The van der Waals surface area contributed by atoms with Crippen molar-refractivity contribution in [3.63, 3.8) is 0 Å². The van der Waals surface area contributed by atoms with Gasteiger partial charge in [-0.3, -0.25) is 10.1 Å². The average molecular weight is 552 g/mol. The molecule has 0 saturated carbocycles. The Hall–Kier alpha value is -2.84. The standard InChI is InChI=1S/C25H21Cl3N2O4S/c1-3-34-24(32)15-7-10-17(11-8-15)30(14-18-19(26)5-4-6-20(18)27)25(35)29-23(31)16-9-12-22(33-2)21(28)13-16/h4-13H,3,14H2,1-2H3,(H,29,31,35). The fraction of sp³-hybridized carbons (Fsp3) is 0.160. The number of halogens is 3. The maximum Gasteiger partial charge on any atom is 0.338 e. The third kappa shape index (κ3) is 6.64. The van der Waals surface area contributed by atoms with Crippen LogP contribution in [0.5, 0.6) is 5.75 Å². The molecule has 35 heavy (non-hydrogen) atoms. The number of carbonyl (C=O) groups excluding carboxylic acids is 2. The molecule has 0 fully saturated rings. The molecule has 1 amide bonds. The number of esters is 1. The Morgan fingerprint density at radius 2 is 1.57 bits per heavy atom. The molecule has 0 aliphatic carbocycles. The van der Waals surface area contributed by atoms with Gasteiger partial charge in [0.2, 0.25) is 0 Å². The lowest BCUT2D eigenvalue weighted by molar-refractivity contribution is 0.0526. The molecule has 0 bridgehead atoms. The van der Waals surface area contributed by atoms with Crippen LogP contribution in [0, 0.1) is 0 Å². The van der Waals surface area contributed by atoms with Crippen LogP contribution in [0.15, 0.2) is 60.7 Å². The van der Waals surface area contributed by atoms with Crippen molar-refractivity contribution in [3.8, 4) is 5.75 Å². The lowest BCUT2D eigenvalue weighted by Crippen LogP contribution is -2.42. The van der Waals surface area contributed by atoms with E-state index < -0.39 is 11.9 Å². The number of hydrogen-bond donors (Lipinski definition) is 1. The molecule has 0 heterocycles. The quantitative estimate of drug-likeness (QED) is 0.265. The van der Waals surface area contributed by atoms with Gasteiger partial charge in [0.05, 0.1) is 30.8 Å². The first kappa shape index (κ1) is 26.8. The zero-order chi connectivity index (χ0) is 25.5. The van der Waals surface area contributed by atoms with E-state index in [2.05, 4.69) is 5.32 Å². The smallest absolute Gasteiger partial charge is 0.338 e. The van der Waals surface area contributed by atoms with Crippen molar-refractivity contribution in [3.05, 3.63) is 92.4 Å². The van der Waals surface area contributed by atoms with Gasteiger partial charge in [-0.2, -0.15) is 0 Å². The van der Waals surface area contributed by atoms with Gasteiger partial charge >= 0.3 is 5.97 Å². The van der Waals surface area contributed by atoms with E-state index in [0.717, 1.165) is 0 Å². The lowest BCUT2D eigenvalue weighted by atomic mass is 10.1. The Bertz CT molecular complexity index is 1230. The summed E-state index contributed by atoms with van der Waals surface area (Å²) < 4.78 is 10.2. The Labute approximate surface area is 223 Å². The molecule has 0 aliphatic rings. The van der Waals surface area contributed by atoms with Gasteiger partial charge in [0.15, 0.2) is 5.11 Å². The zero-order valence-corrected chi connectivity index (χ0v) is 21.9. The minimum absolute atomic E-state index is 0.0989. The predicted octanol–water partition coefficient (Wildman–Crippen LogP) is 6.55. The SMILES string of the molecule is CCOC(=O)c1ccc(N(Cc2c(Cl)cccc2Cl)C(=S)NC(=O)c2ccc(OC)c(Cl)c2)cc1. The number of carbonyl (C=O) groups is 2. The number of nitrogens with one attached hydrogen (secondary N) is 1. The normalized spacial score (nSPS) is 10.4. The van der Waals surface area contributed by atoms with Crippen LogP contribution in [-0.2, 0) is 11.3 Å². The lowest BCUT2D eigenvalue weighted by Gasteiger charge is -2.26. The van der Waals surface area contributed by atoms with Crippen LogP contribution >= 0.6 is 47.0 Å². The van der Waals surface area contributed by atoms with Crippen LogP contribution in [0.2, 0.25) is 15.1 Å². The van der Waals surface area contributed by atoms with E-state index in [1.165, 1.54) is 13.2 Å². The molecule has 0 atom stereocenters. The van der Waals surface area contributed by atoms with E-state index in [1.54, 1.807) is 66.4 Å². The number of hydrogen-bond acceptors (Lipinski definition) is 5. The summed E-state index contributed by atoms with van der Waals surface area (Å²) in [5, 5.41) is 4.00. The van der Waals surface area contributed by atoms with E-state index in [4.69, 9.17) is 56.5 Å². The highest BCUT2D eigenvalue weighted by Gasteiger charge is 2.20. The summed E-state index contributed by atoms with van der Waals surface area (Å²) in [4.78, 5) is 26.6. The summed E-state index contributed by atoms with van der Waals surface area (Å²) >= 11 is 24.5.